The highest BCUT2D eigenvalue weighted by molar-refractivity contribution is 7.89. The summed E-state index contributed by atoms with van der Waals surface area (Å²) in [6.07, 6.45) is 0. The van der Waals surface area contributed by atoms with Gasteiger partial charge in [0.05, 0.1) is 18.6 Å². The van der Waals surface area contributed by atoms with Gasteiger partial charge in [-0.2, -0.15) is 0 Å². The lowest BCUT2D eigenvalue weighted by atomic mass is 10.2. The van der Waals surface area contributed by atoms with Crippen LogP contribution in [0.25, 0.3) is 0 Å². The maximum absolute atomic E-state index is 12.1. The molecular weight excluding hydrogens is 384 g/mol. The van der Waals surface area contributed by atoms with Gasteiger partial charge in [0.2, 0.25) is 15.9 Å². The minimum Gasteiger partial charge on any atom is -0.496 e. The van der Waals surface area contributed by atoms with Gasteiger partial charge in [0.25, 0.3) is 0 Å². The lowest BCUT2D eigenvalue weighted by Gasteiger charge is -2.10. The number of sulfonamides is 1. The first-order valence-electron chi connectivity index (χ1n) is 8.42. The molecule has 2 N–H and O–H groups in total. The molecule has 0 bridgehead atoms. The summed E-state index contributed by atoms with van der Waals surface area (Å²) in [5.74, 6) is -0.713. The van der Waals surface area contributed by atoms with Crippen molar-refractivity contribution in [3.05, 3.63) is 59.7 Å². The molecule has 0 aromatic heterocycles. The average Bonchev–Trinajstić information content (AvgIpc) is 2.69. The minimum atomic E-state index is -3.81. The van der Waals surface area contributed by atoms with E-state index in [2.05, 4.69) is 10.0 Å². The lowest BCUT2D eigenvalue weighted by Crippen LogP contribution is -2.39. The number of esters is 1. The zero-order valence-corrected chi connectivity index (χ0v) is 16.4. The van der Waals surface area contributed by atoms with Crippen molar-refractivity contribution in [2.75, 3.05) is 20.2 Å². The molecule has 2 aromatic carbocycles. The Morgan fingerprint density at radius 2 is 1.68 bits per heavy atom. The van der Waals surface area contributed by atoms with Gasteiger partial charge >= 0.3 is 5.97 Å². The van der Waals surface area contributed by atoms with Gasteiger partial charge in [0.15, 0.2) is 0 Å². The predicted molar refractivity (Wildman–Crippen MR) is 102 cm³/mol. The number of carbonyl (C=O) groups is 2. The normalized spacial score (nSPS) is 10.9. The van der Waals surface area contributed by atoms with Crippen LogP contribution in [0.15, 0.2) is 53.4 Å². The third-order valence-corrected chi connectivity index (χ3v) is 5.18. The summed E-state index contributed by atoms with van der Waals surface area (Å²) in [6, 6.07) is 13.3. The topological polar surface area (TPSA) is 111 Å². The van der Waals surface area contributed by atoms with Crippen LogP contribution >= 0.6 is 0 Å². The second-order valence-electron chi connectivity index (χ2n) is 5.89. The predicted octanol–water partition coefficient (Wildman–Crippen LogP) is 1.14. The Bertz CT molecular complexity index is 926. The molecule has 2 aromatic rings. The van der Waals surface area contributed by atoms with Crippen LogP contribution in [-0.4, -0.2) is 40.5 Å². The number of para-hydroxylation sites is 1. The lowest BCUT2D eigenvalue weighted by molar-refractivity contribution is -0.145. The number of carbonyl (C=O) groups excluding carboxylic acids is 2. The second-order valence-corrected chi connectivity index (χ2v) is 7.65. The zero-order valence-electron chi connectivity index (χ0n) is 15.6. The molecule has 2 rings (SSSR count). The van der Waals surface area contributed by atoms with Crippen LogP contribution < -0.4 is 14.8 Å². The van der Waals surface area contributed by atoms with E-state index in [1.54, 1.807) is 36.4 Å². The van der Waals surface area contributed by atoms with E-state index < -0.39 is 28.4 Å². The molecule has 0 saturated heterocycles. The van der Waals surface area contributed by atoms with Crippen molar-refractivity contribution in [3.8, 4) is 5.75 Å². The number of hydrogen-bond acceptors (Lipinski definition) is 6. The Morgan fingerprint density at radius 3 is 2.36 bits per heavy atom. The van der Waals surface area contributed by atoms with Crippen molar-refractivity contribution in [3.63, 3.8) is 0 Å². The van der Waals surface area contributed by atoms with Crippen molar-refractivity contribution in [2.45, 2.75) is 18.4 Å². The maximum Gasteiger partial charge on any atom is 0.325 e. The molecule has 9 heteroatoms. The first kappa shape index (κ1) is 21.4. The standard InChI is InChI=1S/C19H22N2O6S/c1-14-7-9-16(10-8-14)28(24,25)21-11-18(22)20-12-19(23)27-13-15-5-3-4-6-17(15)26-2/h3-10,21H,11-13H2,1-2H3,(H,20,22). The number of nitrogens with one attached hydrogen (secondary N) is 2. The van der Waals surface area contributed by atoms with Crippen molar-refractivity contribution in [2.24, 2.45) is 0 Å². The highest BCUT2D eigenvalue weighted by Crippen LogP contribution is 2.17. The molecule has 0 saturated carbocycles. The van der Waals surface area contributed by atoms with Crippen molar-refractivity contribution in [1.29, 1.82) is 0 Å². The molecule has 0 aliphatic carbocycles. The first-order chi connectivity index (χ1) is 13.3. The van der Waals surface area contributed by atoms with Crippen molar-refractivity contribution >= 4 is 21.9 Å². The van der Waals surface area contributed by atoms with E-state index in [0.29, 0.717) is 11.3 Å². The summed E-state index contributed by atoms with van der Waals surface area (Å²) in [4.78, 5) is 23.6. The van der Waals surface area contributed by atoms with E-state index in [0.717, 1.165) is 5.56 Å². The SMILES string of the molecule is COc1ccccc1COC(=O)CNC(=O)CNS(=O)(=O)c1ccc(C)cc1. The van der Waals surface area contributed by atoms with Gasteiger partial charge < -0.3 is 14.8 Å². The number of amides is 1. The molecule has 0 unspecified atom stereocenters. The van der Waals surface area contributed by atoms with E-state index in [1.165, 1.54) is 19.2 Å². The van der Waals surface area contributed by atoms with E-state index in [1.807, 2.05) is 6.92 Å². The number of benzene rings is 2. The molecule has 28 heavy (non-hydrogen) atoms. The summed E-state index contributed by atoms with van der Waals surface area (Å²) in [5, 5.41) is 2.31. The molecule has 0 atom stereocenters. The molecule has 150 valence electrons. The van der Waals surface area contributed by atoms with Crippen molar-refractivity contribution in [1.82, 2.24) is 10.0 Å². The molecule has 0 aliphatic rings. The fourth-order valence-electron chi connectivity index (χ4n) is 2.23. The Kier molecular flexibility index (Phi) is 7.53. The Hall–Kier alpha value is -2.91. The largest absolute Gasteiger partial charge is 0.496 e. The van der Waals surface area contributed by atoms with Crippen LogP contribution in [0.2, 0.25) is 0 Å². The monoisotopic (exact) mass is 406 g/mol. The van der Waals surface area contributed by atoms with E-state index in [4.69, 9.17) is 9.47 Å². The Labute approximate surface area is 163 Å². The number of rotatable bonds is 9. The summed E-state index contributed by atoms with van der Waals surface area (Å²) in [6.45, 7) is 0.971. The van der Waals surface area contributed by atoms with Crippen LogP contribution in [0.5, 0.6) is 5.75 Å². The maximum atomic E-state index is 12.1. The van der Waals surface area contributed by atoms with Crippen LogP contribution in [0.1, 0.15) is 11.1 Å². The quantitative estimate of drug-likeness (QED) is 0.604. The number of methoxy groups -OCH3 is 1. The third kappa shape index (κ3) is 6.36. The van der Waals surface area contributed by atoms with Gasteiger partial charge in [-0.15, -0.1) is 0 Å². The highest BCUT2D eigenvalue weighted by atomic mass is 32.2. The summed E-state index contributed by atoms with van der Waals surface area (Å²) >= 11 is 0. The summed E-state index contributed by atoms with van der Waals surface area (Å²) in [7, 11) is -2.29. The fraction of sp³-hybridized carbons (Fsp3) is 0.263. The van der Waals surface area contributed by atoms with Crippen LogP contribution in [0.3, 0.4) is 0 Å². The zero-order chi connectivity index (χ0) is 20.6. The second kappa shape index (κ2) is 9.86. The van der Waals surface area contributed by atoms with Gasteiger partial charge in [0.1, 0.15) is 18.9 Å². The van der Waals surface area contributed by atoms with Crippen LogP contribution in [0, 0.1) is 6.92 Å². The fourth-order valence-corrected chi connectivity index (χ4v) is 3.21. The van der Waals surface area contributed by atoms with Gasteiger partial charge in [0, 0.05) is 5.56 Å². The number of hydrogen-bond donors (Lipinski definition) is 2. The van der Waals surface area contributed by atoms with Crippen LogP contribution in [-0.2, 0) is 31.0 Å². The summed E-state index contributed by atoms with van der Waals surface area (Å²) in [5.41, 5.74) is 1.61. The van der Waals surface area contributed by atoms with Gasteiger partial charge in [-0.25, -0.2) is 13.1 Å². The molecule has 0 radical (unpaired) electrons. The molecule has 0 spiro atoms. The highest BCUT2D eigenvalue weighted by Gasteiger charge is 2.16. The van der Waals surface area contributed by atoms with Gasteiger partial charge in [-0.05, 0) is 25.1 Å². The smallest absolute Gasteiger partial charge is 0.325 e. The molecular formula is C19H22N2O6S. The first-order valence-corrected chi connectivity index (χ1v) is 9.90. The molecule has 1 amide bonds. The Morgan fingerprint density at radius 1 is 1.00 bits per heavy atom. The average molecular weight is 406 g/mol. The summed E-state index contributed by atoms with van der Waals surface area (Å²) < 4.78 is 36.6. The van der Waals surface area contributed by atoms with Gasteiger partial charge in [-0.1, -0.05) is 35.9 Å². The van der Waals surface area contributed by atoms with E-state index in [-0.39, 0.29) is 18.0 Å². The Balaban J connectivity index is 1.75. The number of ether oxygens (including phenoxy) is 2. The van der Waals surface area contributed by atoms with Gasteiger partial charge in [-0.3, -0.25) is 9.59 Å². The molecule has 0 aliphatic heterocycles. The minimum absolute atomic E-state index is 0.00122. The van der Waals surface area contributed by atoms with Crippen molar-refractivity contribution < 1.29 is 27.5 Å². The van der Waals surface area contributed by atoms with E-state index >= 15 is 0 Å². The van der Waals surface area contributed by atoms with Crippen LogP contribution in [0.4, 0.5) is 0 Å². The molecule has 0 heterocycles. The molecule has 8 nitrogen and oxygen atoms in total. The third-order valence-electron chi connectivity index (χ3n) is 3.77. The van der Waals surface area contributed by atoms with E-state index in [9.17, 15) is 18.0 Å². The molecule has 0 fully saturated rings. The number of aryl methyl sites for hydroxylation is 1.